The molecule has 0 bridgehead atoms. The van der Waals surface area contributed by atoms with Gasteiger partial charge in [-0.3, -0.25) is 4.79 Å². The molecule has 0 spiro atoms. The van der Waals surface area contributed by atoms with E-state index < -0.39 is 0 Å². The molecule has 76 valence electrons. The van der Waals surface area contributed by atoms with E-state index in [1.807, 2.05) is 6.92 Å². The van der Waals surface area contributed by atoms with Gasteiger partial charge in [0.15, 0.2) is 0 Å². The molecule has 0 fully saturated rings. The molecule has 1 aromatic rings. The van der Waals surface area contributed by atoms with E-state index in [2.05, 4.69) is 10.3 Å². The average molecular weight is 194 g/mol. The minimum atomic E-state index is 0.0146. The van der Waals surface area contributed by atoms with Crippen LogP contribution in [0.3, 0.4) is 0 Å². The number of methoxy groups -OCH3 is 1. The van der Waals surface area contributed by atoms with E-state index in [1.165, 1.54) is 0 Å². The first-order valence-electron chi connectivity index (χ1n) is 4.56. The van der Waals surface area contributed by atoms with Crippen LogP contribution in [0.1, 0.15) is 19.8 Å². The number of amides is 1. The summed E-state index contributed by atoms with van der Waals surface area (Å²) in [7, 11) is 1.54. The standard InChI is InChI=1S/C10H14N2O2/c1-3-4-9(13)12-8-5-6-11-10(7-8)14-2/h5-7H,3-4H2,1-2H3,(H,11,12,13). The molecule has 0 radical (unpaired) electrons. The second kappa shape index (κ2) is 5.21. The van der Waals surface area contributed by atoms with Gasteiger partial charge in [0, 0.05) is 24.4 Å². The smallest absolute Gasteiger partial charge is 0.224 e. The zero-order valence-corrected chi connectivity index (χ0v) is 8.41. The van der Waals surface area contributed by atoms with Gasteiger partial charge in [-0.15, -0.1) is 0 Å². The maximum atomic E-state index is 11.2. The van der Waals surface area contributed by atoms with Crippen molar-refractivity contribution in [1.29, 1.82) is 0 Å². The van der Waals surface area contributed by atoms with Crippen molar-refractivity contribution in [3.8, 4) is 5.88 Å². The lowest BCUT2D eigenvalue weighted by Gasteiger charge is -2.04. The van der Waals surface area contributed by atoms with Crippen molar-refractivity contribution in [2.24, 2.45) is 0 Å². The normalized spacial score (nSPS) is 9.57. The topological polar surface area (TPSA) is 51.2 Å². The number of carbonyl (C=O) groups excluding carboxylic acids is 1. The molecule has 0 atom stereocenters. The first-order valence-corrected chi connectivity index (χ1v) is 4.56. The van der Waals surface area contributed by atoms with Crippen molar-refractivity contribution in [1.82, 2.24) is 4.98 Å². The van der Waals surface area contributed by atoms with Crippen LogP contribution in [0, 0.1) is 0 Å². The molecule has 0 saturated carbocycles. The van der Waals surface area contributed by atoms with Crippen LogP contribution in [-0.4, -0.2) is 18.0 Å². The molecule has 0 aromatic carbocycles. The molecule has 1 amide bonds. The fraction of sp³-hybridized carbons (Fsp3) is 0.400. The Kier molecular flexibility index (Phi) is 3.91. The minimum Gasteiger partial charge on any atom is -0.481 e. The molecule has 4 heteroatoms. The van der Waals surface area contributed by atoms with Gasteiger partial charge in [-0.05, 0) is 12.5 Å². The van der Waals surface area contributed by atoms with Crippen molar-refractivity contribution in [2.75, 3.05) is 12.4 Å². The number of rotatable bonds is 4. The van der Waals surface area contributed by atoms with Gasteiger partial charge < -0.3 is 10.1 Å². The number of hydrogen-bond donors (Lipinski definition) is 1. The summed E-state index contributed by atoms with van der Waals surface area (Å²) in [5, 5.41) is 2.76. The summed E-state index contributed by atoms with van der Waals surface area (Å²) >= 11 is 0. The highest BCUT2D eigenvalue weighted by Crippen LogP contribution is 2.13. The molecular formula is C10H14N2O2. The summed E-state index contributed by atoms with van der Waals surface area (Å²) < 4.78 is 4.93. The predicted molar refractivity (Wildman–Crippen MR) is 54.3 cm³/mol. The van der Waals surface area contributed by atoms with Crippen LogP contribution in [0.25, 0.3) is 0 Å². The fourth-order valence-electron chi connectivity index (χ4n) is 1.05. The molecule has 0 aliphatic carbocycles. The van der Waals surface area contributed by atoms with Crippen LogP contribution >= 0.6 is 0 Å². The Morgan fingerprint density at radius 3 is 3.07 bits per heavy atom. The molecule has 0 saturated heterocycles. The Hall–Kier alpha value is -1.58. The highest BCUT2D eigenvalue weighted by molar-refractivity contribution is 5.90. The van der Waals surface area contributed by atoms with Gasteiger partial charge in [0.1, 0.15) is 0 Å². The van der Waals surface area contributed by atoms with Gasteiger partial charge in [0.2, 0.25) is 11.8 Å². The Bertz CT molecular complexity index is 313. The van der Waals surface area contributed by atoms with Crippen molar-refractivity contribution < 1.29 is 9.53 Å². The van der Waals surface area contributed by atoms with E-state index in [9.17, 15) is 4.79 Å². The summed E-state index contributed by atoms with van der Waals surface area (Å²) in [5.41, 5.74) is 0.718. The molecule has 1 N–H and O–H groups in total. The van der Waals surface area contributed by atoms with Crippen molar-refractivity contribution in [3.63, 3.8) is 0 Å². The molecule has 0 aliphatic rings. The Morgan fingerprint density at radius 2 is 2.43 bits per heavy atom. The molecule has 14 heavy (non-hydrogen) atoms. The lowest BCUT2D eigenvalue weighted by atomic mass is 10.3. The van der Waals surface area contributed by atoms with E-state index in [0.29, 0.717) is 12.3 Å². The third-order valence-electron chi connectivity index (χ3n) is 1.70. The summed E-state index contributed by atoms with van der Waals surface area (Å²) in [6.45, 7) is 1.96. The third kappa shape index (κ3) is 3.05. The first-order chi connectivity index (χ1) is 6.76. The zero-order chi connectivity index (χ0) is 10.4. The van der Waals surface area contributed by atoms with E-state index >= 15 is 0 Å². The molecule has 0 aliphatic heterocycles. The molecular weight excluding hydrogens is 180 g/mol. The molecule has 0 unspecified atom stereocenters. The minimum absolute atomic E-state index is 0.0146. The Balaban J connectivity index is 2.62. The highest BCUT2D eigenvalue weighted by atomic mass is 16.5. The second-order valence-corrected chi connectivity index (χ2v) is 2.89. The lowest BCUT2D eigenvalue weighted by molar-refractivity contribution is -0.116. The van der Waals surface area contributed by atoms with Crippen molar-refractivity contribution in [2.45, 2.75) is 19.8 Å². The van der Waals surface area contributed by atoms with Crippen LogP contribution in [0.5, 0.6) is 5.88 Å². The molecule has 1 heterocycles. The highest BCUT2D eigenvalue weighted by Gasteiger charge is 2.01. The first kappa shape index (κ1) is 10.5. The van der Waals surface area contributed by atoms with Gasteiger partial charge in [0.25, 0.3) is 0 Å². The number of hydrogen-bond acceptors (Lipinski definition) is 3. The quantitative estimate of drug-likeness (QED) is 0.795. The van der Waals surface area contributed by atoms with Crippen LogP contribution in [0.2, 0.25) is 0 Å². The van der Waals surface area contributed by atoms with Crippen LogP contribution < -0.4 is 10.1 Å². The third-order valence-corrected chi connectivity index (χ3v) is 1.70. The van der Waals surface area contributed by atoms with E-state index in [0.717, 1.165) is 12.1 Å². The summed E-state index contributed by atoms with van der Waals surface area (Å²) in [5.74, 6) is 0.514. The number of pyridine rings is 1. The molecule has 1 rings (SSSR count). The number of carbonyl (C=O) groups is 1. The number of nitrogens with one attached hydrogen (secondary N) is 1. The summed E-state index contributed by atoms with van der Waals surface area (Å²) in [4.78, 5) is 15.2. The van der Waals surface area contributed by atoms with E-state index in [1.54, 1.807) is 25.4 Å². The van der Waals surface area contributed by atoms with Crippen LogP contribution in [0.4, 0.5) is 5.69 Å². The lowest BCUT2D eigenvalue weighted by Crippen LogP contribution is -2.10. The number of nitrogens with zero attached hydrogens (tertiary/aromatic N) is 1. The predicted octanol–water partition coefficient (Wildman–Crippen LogP) is 1.83. The van der Waals surface area contributed by atoms with Gasteiger partial charge in [0.05, 0.1) is 7.11 Å². The maximum Gasteiger partial charge on any atom is 0.224 e. The van der Waals surface area contributed by atoms with Crippen LogP contribution in [0.15, 0.2) is 18.3 Å². The number of ether oxygens (including phenoxy) is 1. The fourth-order valence-corrected chi connectivity index (χ4v) is 1.05. The van der Waals surface area contributed by atoms with Crippen LogP contribution in [-0.2, 0) is 4.79 Å². The van der Waals surface area contributed by atoms with E-state index in [-0.39, 0.29) is 5.91 Å². The number of anilines is 1. The average Bonchev–Trinajstić information content (AvgIpc) is 2.18. The largest absolute Gasteiger partial charge is 0.481 e. The van der Waals surface area contributed by atoms with Gasteiger partial charge >= 0.3 is 0 Å². The van der Waals surface area contributed by atoms with Crippen molar-refractivity contribution in [3.05, 3.63) is 18.3 Å². The SMILES string of the molecule is CCCC(=O)Nc1ccnc(OC)c1. The summed E-state index contributed by atoms with van der Waals surface area (Å²) in [6.07, 6.45) is 2.97. The Morgan fingerprint density at radius 1 is 1.64 bits per heavy atom. The van der Waals surface area contributed by atoms with Gasteiger partial charge in [-0.25, -0.2) is 4.98 Å². The van der Waals surface area contributed by atoms with Gasteiger partial charge in [-0.1, -0.05) is 6.92 Å². The number of aromatic nitrogens is 1. The maximum absolute atomic E-state index is 11.2. The Labute approximate surface area is 83.3 Å². The monoisotopic (exact) mass is 194 g/mol. The van der Waals surface area contributed by atoms with Gasteiger partial charge in [-0.2, -0.15) is 0 Å². The summed E-state index contributed by atoms with van der Waals surface area (Å²) in [6, 6.07) is 3.42. The van der Waals surface area contributed by atoms with Crippen molar-refractivity contribution >= 4 is 11.6 Å². The second-order valence-electron chi connectivity index (χ2n) is 2.89. The molecule has 4 nitrogen and oxygen atoms in total. The zero-order valence-electron chi connectivity index (χ0n) is 8.41. The molecule has 1 aromatic heterocycles. The van der Waals surface area contributed by atoms with E-state index in [4.69, 9.17) is 4.74 Å².